The van der Waals surface area contributed by atoms with Crippen molar-refractivity contribution < 1.29 is 4.79 Å². The molecule has 0 aliphatic carbocycles. The molecule has 1 N–H and O–H groups in total. The molecule has 2 aromatic carbocycles. The maximum absolute atomic E-state index is 12.7. The lowest BCUT2D eigenvalue weighted by Gasteiger charge is -2.35. The molecule has 0 aromatic heterocycles. The number of nitrogens with zero attached hydrogens (tertiary/aromatic N) is 2. The van der Waals surface area contributed by atoms with Gasteiger partial charge in [0.05, 0.1) is 11.6 Å². The molecule has 3 rings (SSSR count). The molecule has 0 spiro atoms. The molecular weight excluding hydrogens is 298 g/mol. The van der Waals surface area contributed by atoms with Crippen LogP contribution in [0, 0.1) is 18.3 Å². The number of carbonyl (C=O) groups is 1. The van der Waals surface area contributed by atoms with Crippen molar-refractivity contribution in [1.29, 1.82) is 5.26 Å². The van der Waals surface area contributed by atoms with Crippen molar-refractivity contribution in [3.8, 4) is 6.07 Å². The van der Waals surface area contributed by atoms with E-state index in [-0.39, 0.29) is 11.9 Å². The molecule has 1 heterocycles. The zero-order valence-corrected chi connectivity index (χ0v) is 14.0. The minimum atomic E-state index is -0.266. The van der Waals surface area contributed by atoms with Gasteiger partial charge >= 0.3 is 0 Å². The fourth-order valence-electron chi connectivity index (χ4n) is 3.21. The summed E-state index contributed by atoms with van der Waals surface area (Å²) < 4.78 is 0. The van der Waals surface area contributed by atoms with Gasteiger partial charge in [0, 0.05) is 17.9 Å². The fraction of sp³-hybridized carbons (Fsp3) is 0.300. The molecule has 2 aromatic rings. The first-order chi connectivity index (χ1) is 11.6. The lowest BCUT2D eigenvalue weighted by Crippen LogP contribution is -2.44. The number of rotatable bonds is 3. The molecule has 24 heavy (non-hydrogen) atoms. The summed E-state index contributed by atoms with van der Waals surface area (Å²) in [5.74, 6) is -0.0569. The molecule has 4 nitrogen and oxygen atoms in total. The van der Waals surface area contributed by atoms with Gasteiger partial charge in [-0.1, -0.05) is 23.8 Å². The van der Waals surface area contributed by atoms with Crippen molar-refractivity contribution in [3.63, 3.8) is 0 Å². The molecule has 0 radical (unpaired) electrons. The third-order valence-corrected chi connectivity index (χ3v) is 4.50. The van der Waals surface area contributed by atoms with Gasteiger partial charge in [0.2, 0.25) is 5.91 Å². The Morgan fingerprint density at radius 1 is 1.29 bits per heavy atom. The van der Waals surface area contributed by atoms with E-state index in [0.29, 0.717) is 11.3 Å². The van der Waals surface area contributed by atoms with Crippen LogP contribution < -0.4 is 10.2 Å². The van der Waals surface area contributed by atoms with E-state index in [1.54, 1.807) is 24.3 Å². The normalized spacial score (nSPS) is 14.5. The van der Waals surface area contributed by atoms with Crippen LogP contribution in [0.1, 0.15) is 30.0 Å². The van der Waals surface area contributed by atoms with Gasteiger partial charge in [0.25, 0.3) is 0 Å². The highest BCUT2D eigenvalue weighted by atomic mass is 16.2. The largest absolute Gasteiger partial charge is 0.360 e. The molecule has 0 saturated carbocycles. The number of carbonyl (C=O) groups excluding carboxylic acids is 1. The van der Waals surface area contributed by atoms with Crippen LogP contribution in [-0.2, 0) is 11.2 Å². The average Bonchev–Trinajstić information content (AvgIpc) is 2.60. The lowest BCUT2D eigenvalue weighted by molar-refractivity contribution is -0.117. The minimum absolute atomic E-state index is 0.0569. The Bertz CT molecular complexity index is 807. The predicted octanol–water partition coefficient (Wildman–Crippen LogP) is 3.65. The van der Waals surface area contributed by atoms with Crippen LogP contribution in [0.3, 0.4) is 0 Å². The second-order valence-corrected chi connectivity index (χ2v) is 6.29. The summed E-state index contributed by atoms with van der Waals surface area (Å²) in [5.41, 5.74) is 4.92. The van der Waals surface area contributed by atoms with E-state index in [9.17, 15) is 4.79 Å². The minimum Gasteiger partial charge on any atom is -0.360 e. The van der Waals surface area contributed by atoms with Crippen LogP contribution in [-0.4, -0.2) is 18.5 Å². The van der Waals surface area contributed by atoms with Crippen molar-refractivity contribution >= 4 is 17.3 Å². The number of nitrogens with one attached hydrogen (secondary N) is 1. The Balaban J connectivity index is 1.78. The van der Waals surface area contributed by atoms with Crippen LogP contribution in [0.5, 0.6) is 0 Å². The molecule has 0 bridgehead atoms. The fourth-order valence-corrected chi connectivity index (χ4v) is 3.21. The van der Waals surface area contributed by atoms with Gasteiger partial charge in [-0.15, -0.1) is 0 Å². The molecule has 1 amide bonds. The van der Waals surface area contributed by atoms with E-state index >= 15 is 0 Å². The van der Waals surface area contributed by atoms with E-state index in [1.165, 1.54) is 11.1 Å². The third-order valence-electron chi connectivity index (χ3n) is 4.50. The number of benzene rings is 2. The number of nitriles is 1. The van der Waals surface area contributed by atoms with E-state index in [1.807, 2.05) is 6.92 Å². The van der Waals surface area contributed by atoms with Crippen LogP contribution in [0.4, 0.5) is 11.4 Å². The Hall–Kier alpha value is -2.80. The molecule has 0 fully saturated rings. The summed E-state index contributed by atoms with van der Waals surface area (Å²) in [7, 11) is 0. The molecule has 122 valence electrons. The van der Waals surface area contributed by atoms with Gasteiger partial charge in [-0.2, -0.15) is 5.26 Å². The van der Waals surface area contributed by atoms with E-state index in [2.05, 4.69) is 41.4 Å². The first-order valence-corrected chi connectivity index (χ1v) is 8.25. The first kappa shape index (κ1) is 16.1. The van der Waals surface area contributed by atoms with Gasteiger partial charge in [-0.25, -0.2) is 0 Å². The van der Waals surface area contributed by atoms with Crippen LogP contribution in [0.2, 0.25) is 0 Å². The maximum Gasteiger partial charge on any atom is 0.246 e. The van der Waals surface area contributed by atoms with E-state index < -0.39 is 0 Å². The monoisotopic (exact) mass is 319 g/mol. The summed E-state index contributed by atoms with van der Waals surface area (Å²) >= 11 is 0. The summed E-state index contributed by atoms with van der Waals surface area (Å²) in [4.78, 5) is 14.8. The third kappa shape index (κ3) is 3.26. The molecule has 1 unspecified atom stereocenters. The summed E-state index contributed by atoms with van der Waals surface area (Å²) in [6, 6.07) is 15.2. The lowest BCUT2D eigenvalue weighted by atomic mass is 9.98. The van der Waals surface area contributed by atoms with Crippen molar-refractivity contribution in [3.05, 3.63) is 59.2 Å². The Kier molecular flexibility index (Phi) is 4.52. The first-order valence-electron chi connectivity index (χ1n) is 8.25. The van der Waals surface area contributed by atoms with E-state index in [0.717, 1.165) is 25.1 Å². The number of aryl methyl sites for hydroxylation is 2. The number of anilines is 2. The highest BCUT2D eigenvalue weighted by Gasteiger charge is 2.26. The van der Waals surface area contributed by atoms with E-state index in [4.69, 9.17) is 5.26 Å². The van der Waals surface area contributed by atoms with Gasteiger partial charge in [-0.05, 0) is 56.5 Å². The summed E-state index contributed by atoms with van der Waals surface area (Å²) in [5, 5.41) is 11.9. The zero-order chi connectivity index (χ0) is 17.1. The van der Waals surface area contributed by atoms with Gasteiger partial charge in [0.15, 0.2) is 0 Å². The molecular formula is C20H21N3O. The summed E-state index contributed by atoms with van der Waals surface area (Å²) in [6.07, 6.45) is 2.12. The maximum atomic E-state index is 12.7. The topological polar surface area (TPSA) is 56.1 Å². The Labute approximate surface area is 142 Å². The van der Waals surface area contributed by atoms with Crippen LogP contribution in [0.25, 0.3) is 0 Å². The van der Waals surface area contributed by atoms with Crippen molar-refractivity contribution in [2.75, 3.05) is 16.8 Å². The van der Waals surface area contributed by atoms with Gasteiger partial charge in [-0.3, -0.25) is 4.79 Å². The second kappa shape index (κ2) is 6.76. The number of fused-ring (bicyclic) bond motifs is 1. The van der Waals surface area contributed by atoms with Crippen molar-refractivity contribution in [2.45, 2.75) is 32.7 Å². The molecule has 1 atom stereocenters. The quantitative estimate of drug-likeness (QED) is 0.939. The van der Waals surface area contributed by atoms with Crippen LogP contribution in [0.15, 0.2) is 42.5 Å². The Morgan fingerprint density at radius 2 is 2.12 bits per heavy atom. The molecule has 0 saturated heterocycles. The van der Waals surface area contributed by atoms with Crippen LogP contribution >= 0.6 is 0 Å². The highest BCUT2D eigenvalue weighted by Crippen LogP contribution is 2.29. The average molecular weight is 319 g/mol. The molecule has 1 aliphatic heterocycles. The zero-order valence-electron chi connectivity index (χ0n) is 14.0. The highest BCUT2D eigenvalue weighted by molar-refractivity contribution is 5.97. The Morgan fingerprint density at radius 3 is 2.92 bits per heavy atom. The van der Waals surface area contributed by atoms with Gasteiger partial charge < -0.3 is 10.2 Å². The smallest absolute Gasteiger partial charge is 0.246 e. The molecule has 1 aliphatic rings. The number of hydrogen-bond acceptors (Lipinski definition) is 3. The SMILES string of the molecule is Cc1ccc2c(c1)CCCN2C(C)C(=O)Nc1cccc(C#N)c1. The predicted molar refractivity (Wildman–Crippen MR) is 96.1 cm³/mol. The van der Waals surface area contributed by atoms with Crippen molar-refractivity contribution in [2.24, 2.45) is 0 Å². The number of hydrogen-bond donors (Lipinski definition) is 1. The van der Waals surface area contributed by atoms with Crippen molar-refractivity contribution in [1.82, 2.24) is 0 Å². The summed E-state index contributed by atoms with van der Waals surface area (Å²) in [6.45, 7) is 4.90. The standard InChI is InChI=1S/C20H21N3O/c1-14-8-9-19-17(11-14)6-4-10-23(19)15(2)20(24)22-18-7-3-5-16(12-18)13-21/h3,5,7-9,11-12,15H,4,6,10H2,1-2H3,(H,22,24). The second-order valence-electron chi connectivity index (χ2n) is 6.29. The number of amides is 1. The van der Waals surface area contributed by atoms with Gasteiger partial charge in [0.1, 0.15) is 6.04 Å². The molecule has 4 heteroatoms.